The van der Waals surface area contributed by atoms with E-state index in [1.807, 2.05) is 24.3 Å². The van der Waals surface area contributed by atoms with E-state index in [9.17, 15) is 9.59 Å². The first kappa shape index (κ1) is 12.6. The quantitative estimate of drug-likeness (QED) is 0.718. The molecule has 0 radical (unpaired) electrons. The molecule has 0 fully saturated rings. The molecule has 1 aliphatic heterocycles. The van der Waals surface area contributed by atoms with E-state index < -0.39 is 12.0 Å². The van der Waals surface area contributed by atoms with Crippen LogP contribution in [0.5, 0.6) is 0 Å². The summed E-state index contributed by atoms with van der Waals surface area (Å²) in [6.07, 6.45) is 0.592. The van der Waals surface area contributed by atoms with E-state index in [1.54, 1.807) is 0 Å². The largest absolute Gasteiger partial charge is 0.480 e. The first-order valence-electron chi connectivity index (χ1n) is 5.91. The summed E-state index contributed by atoms with van der Waals surface area (Å²) >= 11 is 0. The second-order valence-corrected chi connectivity index (χ2v) is 4.47. The number of carboxylic acids is 1. The van der Waals surface area contributed by atoms with Crippen LogP contribution in [0.4, 0.5) is 0 Å². The maximum absolute atomic E-state index is 11.9. The zero-order valence-electron chi connectivity index (χ0n) is 10.1. The number of amides is 1. The predicted octanol–water partition coefficient (Wildman–Crippen LogP) is 0.290. The van der Waals surface area contributed by atoms with Crippen LogP contribution in [-0.2, 0) is 22.6 Å². The number of carbonyl (C=O) groups is 2. The molecule has 1 unspecified atom stereocenters. The molecular weight excluding hydrogens is 232 g/mol. The fourth-order valence-electron chi connectivity index (χ4n) is 2.02. The highest BCUT2D eigenvalue weighted by Gasteiger charge is 2.25. The molecule has 3 N–H and O–H groups in total. The lowest BCUT2D eigenvalue weighted by atomic mass is 9.95. The number of hydrogen-bond donors (Lipinski definition) is 3. The molecule has 5 heteroatoms. The fraction of sp³-hybridized carbons (Fsp3) is 0.385. The number of carbonyl (C=O) groups excluding carboxylic acids is 1. The van der Waals surface area contributed by atoms with Gasteiger partial charge in [0.25, 0.3) is 0 Å². The van der Waals surface area contributed by atoms with E-state index in [0.717, 1.165) is 5.56 Å². The summed E-state index contributed by atoms with van der Waals surface area (Å²) in [4.78, 5) is 22.6. The van der Waals surface area contributed by atoms with Gasteiger partial charge in [-0.25, -0.2) is 0 Å². The molecule has 0 aromatic heterocycles. The summed E-state index contributed by atoms with van der Waals surface area (Å²) in [5.74, 6) is -1.29. The summed E-state index contributed by atoms with van der Waals surface area (Å²) in [5, 5.41) is 14.3. The van der Waals surface area contributed by atoms with Gasteiger partial charge >= 0.3 is 5.97 Å². The van der Waals surface area contributed by atoms with Crippen LogP contribution < -0.4 is 10.6 Å². The van der Waals surface area contributed by atoms with Gasteiger partial charge in [0.15, 0.2) is 0 Å². The minimum absolute atomic E-state index is 0.264. The molecule has 5 nitrogen and oxygen atoms in total. The lowest BCUT2D eigenvalue weighted by molar-refractivity contribution is -0.141. The Morgan fingerprint density at radius 1 is 1.39 bits per heavy atom. The summed E-state index contributed by atoms with van der Waals surface area (Å²) < 4.78 is 0. The first-order chi connectivity index (χ1) is 8.58. The lowest BCUT2D eigenvalue weighted by Gasteiger charge is -2.26. The molecule has 2 atom stereocenters. The summed E-state index contributed by atoms with van der Waals surface area (Å²) in [7, 11) is 0. The van der Waals surface area contributed by atoms with Gasteiger partial charge in [0.2, 0.25) is 5.91 Å². The van der Waals surface area contributed by atoms with Gasteiger partial charge < -0.3 is 15.7 Å². The smallest absolute Gasteiger partial charge is 0.325 e. The normalized spacial score (nSPS) is 19.7. The SMILES string of the molecule is C[C@@H](NC(=O)C1Cc2ccccc2CN1)C(=O)O. The lowest BCUT2D eigenvalue weighted by Crippen LogP contribution is -2.51. The summed E-state index contributed by atoms with van der Waals surface area (Å²) in [6, 6.07) is 6.71. The first-order valence-corrected chi connectivity index (χ1v) is 5.91. The van der Waals surface area contributed by atoms with Gasteiger partial charge in [-0.15, -0.1) is 0 Å². The molecule has 1 aromatic carbocycles. The minimum atomic E-state index is -1.03. The van der Waals surface area contributed by atoms with Crippen molar-refractivity contribution in [1.82, 2.24) is 10.6 Å². The Kier molecular flexibility index (Phi) is 3.62. The van der Waals surface area contributed by atoms with Crippen LogP contribution in [0, 0.1) is 0 Å². The van der Waals surface area contributed by atoms with E-state index in [2.05, 4.69) is 10.6 Å². The van der Waals surface area contributed by atoms with Crippen molar-refractivity contribution in [3.05, 3.63) is 35.4 Å². The Labute approximate surface area is 105 Å². The van der Waals surface area contributed by atoms with Crippen molar-refractivity contribution in [2.75, 3.05) is 0 Å². The number of rotatable bonds is 3. The van der Waals surface area contributed by atoms with Gasteiger partial charge in [0, 0.05) is 6.54 Å². The molecule has 2 rings (SSSR count). The van der Waals surface area contributed by atoms with Crippen molar-refractivity contribution in [1.29, 1.82) is 0 Å². The molecule has 1 amide bonds. The van der Waals surface area contributed by atoms with Crippen LogP contribution in [0.1, 0.15) is 18.1 Å². The van der Waals surface area contributed by atoms with Gasteiger partial charge in [-0.1, -0.05) is 24.3 Å². The van der Waals surface area contributed by atoms with E-state index in [0.29, 0.717) is 13.0 Å². The van der Waals surface area contributed by atoms with Gasteiger partial charge in [-0.2, -0.15) is 0 Å². The molecule has 96 valence electrons. The average molecular weight is 248 g/mol. The number of fused-ring (bicyclic) bond motifs is 1. The number of hydrogen-bond acceptors (Lipinski definition) is 3. The van der Waals surface area contributed by atoms with Gasteiger partial charge in [0.05, 0.1) is 6.04 Å². The topological polar surface area (TPSA) is 78.4 Å². The van der Waals surface area contributed by atoms with E-state index in [4.69, 9.17) is 5.11 Å². The van der Waals surface area contributed by atoms with Crippen LogP contribution in [0.25, 0.3) is 0 Å². The molecule has 18 heavy (non-hydrogen) atoms. The second-order valence-electron chi connectivity index (χ2n) is 4.47. The Morgan fingerprint density at radius 3 is 2.72 bits per heavy atom. The van der Waals surface area contributed by atoms with Gasteiger partial charge in [-0.3, -0.25) is 9.59 Å². The maximum atomic E-state index is 11.9. The molecule has 0 bridgehead atoms. The Bertz CT molecular complexity index is 473. The number of nitrogens with one attached hydrogen (secondary N) is 2. The third-order valence-electron chi connectivity index (χ3n) is 3.13. The minimum Gasteiger partial charge on any atom is -0.480 e. The average Bonchev–Trinajstić information content (AvgIpc) is 2.37. The zero-order chi connectivity index (χ0) is 13.1. The Hall–Kier alpha value is -1.88. The Morgan fingerprint density at radius 2 is 2.06 bits per heavy atom. The Balaban J connectivity index is 2.00. The number of aliphatic carboxylic acids is 1. The standard InChI is InChI=1S/C13H16N2O3/c1-8(13(17)18)15-12(16)11-6-9-4-2-3-5-10(9)7-14-11/h2-5,8,11,14H,6-7H2,1H3,(H,15,16)(H,17,18)/t8-,11?/m1/s1. The third-order valence-corrected chi connectivity index (χ3v) is 3.13. The van der Waals surface area contributed by atoms with Crippen molar-refractivity contribution in [3.63, 3.8) is 0 Å². The molecule has 0 saturated carbocycles. The van der Waals surface area contributed by atoms with E-state index >= 15 is 0 Å². The maximum Gasteiger partial charge on any atom is 0.325 e. The van der Waals surface area contributed by atoms with Crippen LogP contribution >= 0.6 is 0 Å². The van der Waals surface area contributed by atoms with E-state index in [1.165, 1.54) is 12.5 Å². The molecule has 0 saturated heterocycles. The highest BCUT2D eigenvalue weighted by molar-refractivity contribution is 5.87. The van der Waals surface area contributed by atoms with E-state index in [-0.39, 0.29) is 11.9 Å². The van der Waals surface area contributed by atoms with Crippen molar-refractivity contribution in [3.8, 4) is 0 Å². The van der Waals surface area contributed by atoms with Crippen LogP contribution in [-0.4, -0.2) is 29.1 Å². The summed E-state index contributed by atoms with van der Waals surface area (Å²) in [6.45, 7) is 2.09. The monoisotopic (exact) mass is 248 g/mol. The van der Waals surface area contributed by atoms with Crippen LogP contribution in [0.3, 0.4) is 0 Å². The zero-order valence-corrected chi connectivity index (χ0v) is 10.1. The van der Waals surface area contributed by atoms with Crippen molar-refractivity contribution >= 4 is 11.9 Å². The molecular formula is C13H16N2O3. The van der Waals surface area contributed by atoms with Crippen molar-refractivity contribution in [2.45, 2.75) is 32.0 Å². The van der Waals surface area contributed by atoms with Crippen LogP contribution in [0.2, 0.25) is 0 Å². The molecule has 1 aromatic rings. The number of carboxylic acid groups (broad SMARTS) is 1. The third kappa shape index (κ3) is 2.68. The second kappa shape index (κ2) is 5.18. The number of benzene rings is 1. The van der Waals surface area contributed by atoms with Crippen molar-refractivity contribution < 1.29 is 14.7 Å². The van der Waals surface area contributed by atoms with Crippen molar-refractivity contribution in [2.24, 2.45) is 0 Å². The predicted molar refractivity (Wildman–Crippen MR) is 66.0 cm³/mol. The van der Waals surface area contributed by atoms with Crippen LogP contribution in [0.15, 0.2) is 24.3 Å². The van der Waals surface area contributed by atoms with Gasteiger partial charge in [0.1, 0.15) is 6.04 Å². The highest BCUT2D eigenvalue weighted by Crippen LogP contribution is 2.16. The molecule has 1 heterocycles. The fourth-order valence-corrected chi connectivity index (χ4v) is 2.02. The summed E-state index contributed by atoms with van der Waals surface area (Å²) in [5.41, 5.74) is 2.33. The molecule has 1 aliphatic rings. The molecule has 0 spiro atoms. The van der Waals surface area contributed by atoms with Gasteiger partial charge in [-0.05, 0) is 24.5 Å². The highest BCUT2D eigenvalue weighted by atomic mass is 16.4. The molecule has 0 aliphatic carbocycles.